The van der Waals surface area contributed by atoms with Gasteiger partial charge in [0.1, 0.15) is 23.7 Å². The molecule has 2 aromatic heterocycles. The van der Waals surface area contributed by atoms with Crippen molar-refractivity contribution in [1.29, 1.82) is 5.41 Å². The van der Waals surface area contributed by atoms with Gasteiger partial charge in [-0.15, -0.1) is 0 Å². The molecular formula is C28H31F2N5O3. The van der Waals surface area contributed by atoms with Crippen LogP contribution in [0.25, 0.3) is 11.2 Å². The second-order valence-corrected chi connectivity index (χ2v) is 10.3. The fourth-order valence-electron chi connectivity index (χ4n) is 4.61. The molecule has 1 aliphatic carbocycles. The second-order valence-electron chi connectivity index (χ2n) is 10.3. The van der Waals surface area contributed by atoms with Gasteiger partial charge in [0.05, 0.1) is 31.5 Å². The van der Waals surface area contributed by atoms with Crippen LogP contribution in [0.15, 0.2) is 42.7 Å². The van der Waals surface area contributed by atoms with Gasteiger partial charge in [-0.1, -0.05) is 6.07 Å². The molecule has 10 heteroatoms. The monoisotopic (exact) mass is 523 g/mol. The molecule has 200 valence electrons. The zero-order chi connectivity index (χ0) is 26.9. The number of aromatic nitrogens is 4. The summed E-state index contributed by atoms with van der Waals surface area (Å²) in [6.07, 6.45) is 6.24. The van der Waals surface area contributed by atoms with Gasteiger partial charge < -0.3 is 23.8 Å². The molecule has 0 saturated heterocycles. The zero-order valence-corrected chi connectivity index (χ0v) is 21.7. The molecule has 2 N–H and O–H groups in total. The first-order valence-corrected chi connectivity index (χ1v) is 12.6. The van der Waals surface area contributed by atoms with Crippen LogP contribution in [-0.2, 0) is 12.0 Å². The number of ether oxygens (including phenoxy) is 3. The largest absolute Gasteiger partial charge is 0.493 e. The number of halogens is 2. The SMILES string of the molecule is COc1ccc(Cn2cnc(=N)c3[nH]c(C(C)(C)COc4ccc(F)c(F)c4)nc32)cc1OC1CCCC1. The first-order valence-electron chi connectivity index (χ1n) is 12.6. The number of nitrogens with zero attached hydrogens (tertiary/aromatic N) is 3. The molecule has 4 aromatic rings. The van der Waals surface area contributed by atoms with Gasteiger partial charge in [0, 0.05) is 6.07 Å². The van der Waals surface area contributed by atoms with Crippen LogP contribution in [0.4, 0.5) is 8.78 Å². The molecule has 0 amide bonds. The van der Waals surface area contributed by atoms with Gasteiger partial charge in [0.15, 0.2) is 34.3 Å². The van der Waals surface area contributed by atoms with Crippen LogP contribution in [0, 0.1) is 17.0 Å². The van der Waals surface area contributed by atoms with Gasteiger partial charge in [-0.25, -0.2) is 18.7 Å². The lowest BCUT2D eigenvalue weighted by Gasteiger charge is -2.22. The third-order valence-corrected chi connectivity index (χ3v) is 6.83. The lowest BCUT2D eigenvalue weighted by molar-refractivity contribution is 0.200. The molecule has 1 saturated carbocycles. The predicted octanol–water partition coefficient (Wildman–Crippen LogP) is 5.25. The number of hydrogen-bond acceptors (Lipinski definition) is 6. The molecule has 1 aliphatic rings. The molecule has 0 radical (unpaired) electrons. The van der Waals surface area contributed by atoms with Gasteiger partial charge in [-0.3, -0.25) is 5.41 Å². The van der Waals surface area contributed by atoms with Crippen molar-refractivity contribution in [2.24, 2.45) is 0 Å². The summed E-state index contributed by atoms with van der Waals surface area (Å²) < 4.78 is 46.2. The number of methoxy groups -OCH3 is 1. The number of H-pyrrole nitrogens is 1. The highest BCUT2D eigenvalue weighted by Crippen LogP contribution is 2.33. The van der Waals surface area contributed by atoms with Crippen molar-refractivity contribution in [1.82, 2.24) is 19.5 Å². The molecule has 2 aromatic carbocycles. The van der Waals surface area contributed by atoms with Crippen LogP contribution in [0.2, 0.25) is 0 Å². The van der Waals surface area contributed by atoms with Gasteiger partial charge in [0.25, 0.3) is 0 Å². The maximum atomic E-state index is 13.6. The number of aromatic amines is 1. The number of rotatable bonds is 9. The average Bonchev–Trinajstić information content (AvgIpc) is 3.58. The highest BCUT2D eigenvalue weighted by Gasteiger charge is 2.27. The molecule has 38 heavy (non-hydrogen) atoms. The average molecular weight is 524 g/mol. The number of benzene rings is 2. The molecule has 0 unspecified atom stereocenters. The summed E-state index contributed by atoms with van der Waals surface area (Å²) in [5.74, 6) is 0.331. The van der Waals surface area contributed by atoms with Gasteiger partial charge in [-0.05, 0) is 69.4 Å². The number of nitrogens with one attached hydrogen (secondary N) is 2. The minimum Gasteiger partial charge on any atom is -0.493 e. The Kier molecular flexibility index (Phi) is 7.05. The van der Waals surface area contributed by atoms with E-state index in [1.165, 1.54) is 18.9 Å². The highest BCUT2D eigenvalue weighted by molar-refractivity contribution is 5.69. The highest BCUT2D eigenvalue weighted by atomic mass is 19.2. The lowest BCUT2D eigenvalue weighted by Crippen LogP contribution is -2.27. The molecule has 0 bridgehead atoms. The summed E-state index contributed by atoms with van der Waals surface area (Å²) in [6.45, 7) is 4.45. The minimum absolute atomic E-state index is 0.0762. The third-order valence-electron chi connectivity index (χ3n) is 6.83. The van der Waals surface area contributed by atoms with E-state index in [1.807, 2.05) is 36.6 Å². The Morgan fingerprint density at radius 2 is 1.87 bits per heavy atom. The number of imidazole rings is 1. The fraction of sp³-hybridized carbons (Fsp3) is 0.393. The molecule has 2 heterocycles. The lowest BCUT2D eigenvalue weighted by atomic mass is 9.94. The predicted molar refractivity (Wildman–Crippen MR) is 138 cm³/mol. The van der Waals surface area contributed by atoms with Crippen LogP contribution in [0.5, 0.6) is 17.2 Å². The summed E-state index contributed by atoms with van der Waals surface area (Å²) in [7, 11) is 1.63. The van der Waals surface area contributed by atoms with Crippen LogP contribution < -0.4 is 19.7 Å². The quantitative estimate of drug-likeness (QED) is 0.312. The first kappa shape index (κ1) is 25.7. The van der Waals surface area contributed by atoms with E-state index in [0.717, 1.165) is 36.3 Å². The van der Waals surface area contributed by atoms with E-state index >= 15 is 0 Å². The van der Waals surface area contributed by atoms with Crippen molar-refractivity contribution >= 4 is 11.2 Å². The summed E-state index contributed by atoms with van der Waals surface area (Å²) >= 11 is 0. The maximum Gasteiger partial charge on any atom is 0.173 e. The van der Waals surface area contributed by atoms with Crippen LogP contribution in [0.1, 0.15) is 50.9 Å². The number of hydrogen-bond donors (Lipinski definition) is 2. The van der Waals surface area contributed by atoms with Gasteiger partial charge >= 0.3 is 0 Å². The van der Waals surface area contributed by atoms with E-state index in [1.54, 1.807) is 13.4 Å². The summed E-state index contributed by atoms with van der Waals surface area (Å²) in [5.41, 5.74) is 1.51. The summed E-state index contributed by atoms with van der Waals surface area (Å²) in [6, 6.07) is 9.29. The van der Waals surface area contributed by atoms with Crippen LogP contribution in [0.3, 0.4) is 0 Å². The minimum atomic E-state index is -0.967. The third kappa shape index (κ3) is 5.34. The molecule has 1 fully saturated rings. The molecule has 0 atom stereocenters. The Bertz CT molecular complexity index is 1510. The van der Waals surface area contributed by atoms with Crippen molar-refractivity contribution in [2.45, 2.75) is 57.6 Å². The summed E-state index contributed by atoms with van der Waals surface area (Å²) in [5, 5.41) is 8.31. The Balaban J connectivity index is 1.40. The molecule has 0 aliphatic heterocycles. The maximum absolute atomic E-state index is 13.6. The van der Waals surface area contributed by atoms with Crippen molar-refractivity contribution < 1.29 is 23.0 Å². The second kappa shape index (κ2) is 10.4. The Morgan fingerprint density at radius 1 is 1.08 bits per heavy atom. The molecule has 5 rings (SSSR count). The van der Waals surface area contributed by atoms with E-state index in [-0.39, 0.29) is 23.9 Å². The van der Waals surface area contributed by atoms with Crippen molar-refractivity contribution in [3.8, 4) is 17.2 Å². The van der Waals surface area contributed by atoms with Gasteiger partial charge in [0.2, 0.25) is 0 Å². The molecule has 8 nitrogen and oxygen atoms in total. The van der Waals surface area contributed by atoms with Crippen molar-refractivity contribution in [2.75, 3.05) is 13.7 Å². The normalized spacial score (nSPS) is 14.2. The fourth-order valence-corrected chi connectivity index (χ4v) is 4.61. The molecule has 0 spiro atoms. The number of fused-ring (bicyclic) bond motifs is 1. The van der Waals surface area contributed by atoms with E-state index in [2.05, 4.69) is 9.97 Å². The van der Waals surface area contributed by atoms with Crippen LogP contribution >= 0.6 is 0 Å². The standard InChI is InChI=1S/C28H31F2N5O3/c1-28(2,15-37-19-9-10-20(29)21(30)13-19)27-33-24-25(31)32-16-35(26(24)34-27)14-17-8-11-22(36-3)23(12-17)38-18-6-4-5-7-18/h8-13,16,18,31H,4-7,14-15H2,1-3H3,(H,33,34). The van der Waals surface area contributed by atoms with E-state index < -0.39 is 17.0 Å². The van der Waals surface area contributed by atoms with Gasteiger partial charge in [-0.2, -0.15) is 0 Å². The Morgan fingerprint density at radius 3 is 2.61 bits per heavy atom. The van der Waals surface area contributed by atoms with Crippen molar-refractivity contribution in [3.05, 3.63) is 71.2 Å². The first-order chi connectivity index (χ1) is 18.2. The van der Waals surface area contributed by atoms with E-state index in [0.29, 0.717) is 29.3 Å². The Labute approximate surface area is 219 Å². The van der Waals surface area contributed by atoms with E-state index in [4.69, 9.17) is 24.6 Å². The zero-order valence-electron chi connectivity index (χ0n) is 21.7. The summed E-state index contributed by atoms with van der Waals surface area (Å²) in [4.78, 5) is 12.3. The van der Waals surface area contributed by atoms with Crippen LogP contribution in [-0.4, -0.2) is 39.3 Å². The topological polar surface area (TPSA) is 98.0 Å². The smallest absolute Gasteiger partial charge is 0.173 e. The van der Waals surface area contributed by atoms with Crippen molar-refractivity contribution in [3.63, 3.8) is 0 Å². The van der Waals surface area contributed by atoms with E-state index in [9.17, 15) is 8.78 Å². The Hall–Kier alpha value is -3.95. The molecular weight excluding hydrogens is 492 g/mol.